The molecule has 0 saturated heterocycles. The highest BCUT2D eigenvalue weighted by Gasteiger charge is 2.33. The lowest BCUT2D eigenvalue weighted by Crippen LogP contribution is -2.11. The Morgan fingerprint density at radius 3 is 1.52 bits per heavy atom. The van der Waals surface area contributed by atoms with Crippen molar-refractivity contribution in [1.82, 2.24) is 0 Å². The van der Waals surface area contributed by atoms with E-state index in [9.17, 15) is 27.6 Å². The first kappa shape index (κ1) is 22.2. The number of halogens is 3. The second kappa shape index (κ2) is 9.42. The van der Waals surface area contributed by atoms with E-state index in [0.29, 0.717) is 0 Å². The van der Waals surface area contributed by atoms with Gasteiger partial charge in [0.1, 0.15) is 0 Å². The van der Waals surface area contributed by atoms with E-state index < -0.39 is 34.1 Å². The second-order valence-electron chi connectivity index (χ2n) is 5.48. The van der Waals surface area contributed by atoms with Crippen LogP contribution >= 0.6 is 11.8 Å². The summed E-state index contributed by atoms with van der Waals surface area (Å²) >= 11 is -0.637. The van der Waals surface area contributed by atoms with Gasteiger partial charge in [0.05, 0.1) is 30.3 Å². The third-order valence-electron chi connectivity index (χ3n) is 3.78. The Hall–Kier alpha value is -3.07. The second-order valence-corrected chi connectivity index (χ2v) is 6.59. The zero-order valence-electron chi connectivity index (χ0n) is 15.3. The van der Waals surface area contributed by atoms with E-state index in [4.69, 9.17) is 9.47 Å². The van der Waals surface area contributed by atoms with Gasteiger partial charge in [0.2, 0.25) is 0 Å². The summed E-state index contributed by atoms with van der Waals surface area (Å²) in [4.78, 5) is 35.3. The normalized spacial score (nSPS) is 10.8. The number of rotatable bonds is 6. The summed E-state index contributed by atoms with van der Waals surface area (Å²) in [7, 11) is 2.24. The fourth-order valence-electron chi connectivity index (χ4n) is 2.65. The van der Waals surface area contributed by atoms with Gasteiger partial charge in [0, 0.05) is 5.57 Å². The van der Waals surface area contributed by atoms with Crippen LogP contribution in [0.5, 0.6) is 0 Å². The maximum atomic E-state index is 13.1. The molecule has 0 aliphatic rings. The Morgan fingerprint density at radius 1 is 0.828 bits per heavy atom. The van der Waals surface area contributed by atoms with E-state index in [1.165, 1.54) is 48.5 Å². The van der Waals surface area contributed by atoms with Crippen LogP contribution in [0.2, 0.25) is 0 Å². The smallest absolute Gasteiger partial charge is 0.446 e. The number of esters is 2. The number of aldehydes is 1. The van der Waals surface area contributed by atoms with Crippen LogP contribution in [0, 0.1) is 0 Å². The van der Waals surface area contributed by atoms with Crippen molar-refractivity contribution >= 4 is 35.6 Å². The minimum Gasteiger partial charge on any atom is -0.465 e. The molecular formula is C20H15F3O5S. The molecule has 0 amide bonds. The van der Waals surface area contributed by atoms with Crippen LogP contribution in [0.1, 0.15) is 31.8 Å². The average molecular weight is 424 g/mol. The molecule has 0 N–H and O–H groups in total. The van der Waals surface area contributed by atoms with E-state index in [-0.39, 0.29) is 34.1 Å². The van der Waals surface area contributed by atoms with Gasteiger partial charge in [-0.05, 0) is 35.0 Å². The molecule has 2 aromatic rings. The van der Waals surface area contributed by atoms with Crippen LogP contribution in [0.4, 0.5) is 13.2 Å². The zero-order valence-corrected chi connectivity index (χ0v) is 16.1. The molecule has 0 aliphatic heterocycles. The Kier molecular flexibility index (Phi) is 7.22. The van der Waals surface area contributed by atoms with Crippen molar-refractivity contribution in [3.8, 4) is 0 Å². The molecule has 0 spiro atoms. The van der Waals surface area contributed by atoms with Crippen LogP contribution < -0.4 is 0 Å². The number of carbonyl (C=O) groups excluding carboxylic acids is 3. The molecule has 0 atom stereocenters. The highest BCUT2D eigenvalue weighted by atomic mass is 32.2. The van der Waals surface area contributed by atoms with Crippen molar-refractivity contribution in [1.29, 1.82) is 0 Å². The molecule has 0 saturated carbocycles. The quantitative estimate of drug-likeness (QED) is 0.387. The van der Waals surface area contributed by atoms with E-state index >= 15 is 0 Å². The highest BCUT2D eigenvalue weighted by Crippen LogP contribution is 2.42. The maximum absolute atomic E-state index is 13.1. The van der Waals surface area contributed by atoms with Gasteiger partial charge in [-0.15, -0.1) is 0 Å². The van der Waals surface area contributed by atoms with Gasteiger partial charge in [0.25, 0.3) is 0 Å². The van der Waals surface area contributed by atoms with Gasteiger partial charge in [-0.2, -0.15) is 13.2 Å². The summed E-state index contributed by atoms with van der Waals surface area (Å²) in [6, 6.07) is 11.4. The summed E-state index contributed by atoms with van der Waals surface area (Å²) in [5.74, 6) is -1.62. The highest BCUT2D eigenvalue weighted by molar-refractivity contribution is 8.04. The molecule has 152 valence electrons. The number of allylic oxidation sites excluding steroid dienone is 1. The van der Waals surface area contributed by atoms with Crippen molar-refractivity contribution < 1.29 is 37.0 Å². The van der Waals surface area contributed by atoms with E-state index in [2.05, 4.69) is 0 Å². The minimum atomic E-state index is -4.78. The van der Waals surface area contributed by atoms with Crippen LogP contribution in [0.3, 0.4) is 0 Å². The molecule has 0 bridgehead atoms. The van der Waals surface area contributed by atoms with Crippen molar-refractivity contribution in [2.45, 2.75) is 5.51 Å². The first-order valence-electron chi connectivity index (χ1n) is 8.04. The average Bonchev–Trinajstić information content (AvgIpc) is 2.71. The third kappa shape index (κ3) is 5.26. The molecule has 29 heavy (non-hydrogen) atoms. The Balaban J connectivity index is 2.93. The summed E-state index contributed by atoms with van der Waals surface area (Å²) < 4.78 is 48.8. The lowest BCUT2D eigenvalue weighted by atomic mass is 9.90. The van der Waals surface area contributed by atoms with Crippen LogP contribution in [-0.2, 0) is 14.3 Å². The van der Waals surface area contributed by atoms with Gasteiger partial charge in [-0.3, -0.25) is 4.79 Å². The number of alkyl halides is 3. The summed E-state index contributed by atoms with van der Waals surface area (Å²) in [6.45, 7) is 0. The lowest BCUT2D eigenvalue weighted by molar-refractivity contribution is -0.104. The number of ether oxygens (including phenoxy) is 2. The molecule has 0 unspecified atom stereocenters. The maximum Gasteiger partial charge on any atom is 0.446 e. The first-order chi connectivity index (χ1) is 13.7. The topological polar surface area (TPSA) is 69.7 Å². The van der Waals surface area contributed by atoms with Crippen molar-refractivity contribution in [2.24, 2.45) is 0 Å². The number of hydrogen-bond donors (Lipinski definition) is 0. The van der Waals surface area contributed by atoms with Gasteiger partial charge in [-0.25, -0.2) is 9.59 Å². The molecule has 0 fully saturated rings. The van der Waals surface area contributed by atoms with Gasteiger partial charge in [-0.1, -0.05) is 36.4 Å². The van der Waals surface area contributed by atoms with Gasteiger partial charge < -0.3 is 9.47 Å². The molecule has 9 heteroatoms. The van der Waals surface area contributed by atoms with Crippen molar-refractivity contribution in [3.05, 3.63) is 75.7 Å². The van der Waals surface area contributed by atoms with Gasteiger partial charge >= 0.3 is 17.4 Å². The molecule has 0 radical (unpaired) electrons. The molecule has 0 heterocycles. The Labute approximate surface area is 168 Å². The van der Waals surface area contributed by atoms with Crippen LogP contribution in [0.15, 0.2) is 53.4 Å². The lowest BCUT2D eigenvalue weighted by Gasteiger charge is -2.18. The SMILES string of the molecule is COC(=O)c1ccccc1C(=C(C=O)SC(F)(F)F)c1ccccc1C(=O)OC. The van der Waals surface area contributed by atoms with Crippen molar-refractivity contribution in [3.63, 3.8) is 0 Å². The van der Waals surface area contributed by atoms with E-state index in [1.54, 1.807) is 0 Å². The fraction of sp³-hybridized carbons (Fsp3) is 0.150. The molecule has 2 rings (SSSR count). The summed E-state index contributed by atoms with van der Waals surface area (Å²) in [5.41, 5.74) is -5.12. The fourth-order valence-corrected chi connectivity index (χ4v) is 3.27. The zero-order chi connectivity index (χ0) is 21.6. The molecular weight excluding hydrogens is 409 g/mol. The van der Waals surface area contributed by atoms with E-state index in [1.807, 2.05) is 0 Å². The number of benzene rings is 2. The molecule has 2 aromatic carbocycles. The molecule has 5 nitrogen and oxygen atoms in total. The number of carbonyl (C=O) groups is 3. The number of methoxy groups -OCH3 is 2. The number of thioether (sulfide) groups is 1. The largest absolute Gasteiger partial charge is 0.465 e. The monoisotopic (exact) mass is 424 g/mol. The Bertz CT molecular complexity index is 905. The number of hydrogen-bond acceptors (Lipinski definition) is 6. The van der Waals surface area contributed by atoms with Gasteiger partial charge in [0.15, 0.2) is 6.29 Å². The molecule has 0 aliphatic carbocycles. The third-order valence-corrected chi connectivity index (χ3v) is 4.53. The summed E-state index contributed by atoms with van der Waals surface area (Å²) in [6.07, 6.45) is 0.0373. The molecule has 0 aromatic heterocycles. The summed E-state index contributed by atoms with van der Waals surface area (Å²) in [5, 5.41) is 0. The predicted octanol–water partition coefficient (Wildman–Crippen LogP) is 4.47. The Morgan fingerprint density at radius 2 is 1.21 bits per heavy atom. The standard InChI is InChI=1S/C20H15F3O5S/c1-27-18(25)14-9-5-3-7-12(14)17(16(11-24)29-20(21,22)23)13-8-4-6-10-15(13)19(26)28-2/h3-11H,1-2H3. The first-order valence-corrected chi connectivity index (χ1v) is 8.85. The van der Waals surface area contributed by atoms with E-state index in [0.717, 1.165) is 14.2 Å². The minimum absolute atomic E-state index is 0.00885. The predicted molar refractivity (Wildman–Crippen MR) is 101 cm³/mol. The van der Waals surface area contributed by atoms with Crippen LogP contribution in [0.25, 0.3) is 5.57 Å². The van der Waals surface area contributed by atoms with Crippen molar-refractivity contribution in [2.75, 3.05) is 14.2 Å². The van der Waals surface area contributed by atoms with Crippen LogP contribution in [-0.4, -0.2) is 38.0 Å².